The Morgan fingerprint density at radius 2 is 1.43 bits per heavy atom. The third kappa shape index (κ3) is 15.7. The molecule has 0 aromatic heterocycles. The normalized spacial score (nSPS) is 16.3. The number of hydrogen-bond acceptors (Lipinski definition) is 11. The van der Waals surface area contributed by atoms with Crippen LogP contribution in [0.3, 0.4) is 0 Å². The maximum absolute atomic E-state index is 12.9. The number of allylic oxidation sites excluding steroid dienone is 2. The number of carbonyl (C=O) groups excluding carboxylic acids is 5. The number of ether oxygens (including phenoxy) is 2. The number of unbranched alkanes of at least 4 members (excludes halogenated alkanes) is 1. The Hall–Kier alpha value is -3.48. The molecule has 2 amide bonds. The van der Waals surface area contributed by atoms with Gasteiger partial charge >= 0.3 is 23.9 Å². The number of nitrogens with one attached hydrogen (secondary N) is 2. The molecule has 0 spiro atoms. The summed E-state index contributed by atoms with van der Waals surface area (Å²) in [7, 11) is 0. The standard InChI is InChI=1S/C33H55N3O10/c1-20(2)15-25(29-26(37)16-33(7,8)17-27(29)38)34-14-10-9-11-23(31(41)46-43)35-32(42)36-24(30(40)45-19-22(5)6)12-13-28(39)44-18-21(3)4/h20-24,37,43H,9-19H2,1-8H3,(H2,35,36,42)/t23?,24-/m0/s1. The number of carbonyl (C=O) groups is 5. The molecular formula is C33H55N3O10. The van der Waals surface area contributed by atoms with Crippen molar-refractivity contribution >= 4 is 35.4 Å². The van der Waals surface area contributed by atoms with Crippen LogP contribution in [0.4, 0.5) is 4.79 Å². The number of aliphatic imine (C=N–C) groups is 1. The smallest absolute Gasteiger partial charge is 0.364 e. The number of amides is 2. The molecule has 4 N–H and O–H groups in total. The van der Waals surface area contributed by atoms with Gasteiger partial charge in [-0.2, -0.15) is 5.26 Å². The van der Waals surface area contributed by atoms with Crippen molar-refractivity contribution in [3.8, 4) is 0 Å². The van der Waals surface area contributed by atoms with Gasteiger partial charge in [-0.1, -0.05) is 55.4 Å². The van der Waals surface area contributed by atoms with Crippen LogP contribution in [0.1, 0.15) is 107 Å². The van der Waals surface area contributed by atoms with Gasteiger partial charge in [0.1, 0.15) is 17.8 Å². The van der Waals surface area contributed by atoms with Crippen LogP contribution >= 0.6 is 0 Å². The highest BCUT2D eigenvalue weighted by Gasteiger charge is 2.35. The first-order valence-corrected chi connectivity index (χ1v) is 16.2. The van der Waals surface area contributed by atoms with Gasteiger partial charge in [-0.05, 0) is 55.3 Å². The number of aliphatic hydroxyl groups is 1. The maximum atomic E-state index is 12.9. The Labute approximate surface area is 272 Å². The van der Waals surface area contributed by atoms with E-state index in [4.69, 9.17) is 14.7 Å². The third-order valence-corrected chi connectivity index (χ3v) is 6.99. The van der Waals surface area contributed by atoms with E-state index in [2.05, 4.69) is 20.5 Å². The van der Waals surface area contributed by atoms with Gasteiger partial charge in [0.25, 0.3) is 0 Å². The van der Waals surface area contributed by atoms with E-state index in [0.717, 1.165) is 0 Å². The van der Waals surface area contributed by atoms with Crippen molar-refractivity contribution in [3.05, 3.63) is 11.3 Å². The third-order valence-electron chi connectivity index (χ3n) is 6.99. The minimum atomic E-state index is -1.25. The minimum Gasteiger partial charge on any atom is -0.511 e. The van der Waals surface area contributed by atoms with Crippen molar-refractivity contribution in [2.24, 2.45) is 28.2 Å². The Balaban J connectivity index is 2.87. The number of nitrogens with zero attached hydrogens (tertiary/aromatic N) is 1. The second kappa shape index (κ2) is 19.9. The molecule has 0 heterocycles. The average Bonchev–Trinajstić information content (AvgIpc) is 2.94. The Morgan fingerprint density at radius 1 is 0.848 bits per heavy atom. The second-order valence-corrected chi connectivity index (χ2v) is 14.0. The summed E-state index contributed by atoms with van der Waals surface area (Å²) in [5.74, 6) is -2.06. The van der Waals surface area contributed by atoms with E-state index in [9.17, 15) is 29.1 Å². The van der Waals surface area contributed by atoms with Gasteiger partial charge in [0.2, 0.25) is 0 Å². The molecule has 0 fully saturated rings. The number of Topliss-reactive ketones (excluding diaryl/α,β-unsaturated/α-hetero) is 1. The monoisotopic (exact) mass is 653 g/mol. The van der Waals surface area contributed by atoms with E-state index in [0.29, 0.717) is 49.9 Å². The van der Waals surface area contributed by atoms with Crippen LogP contribution in [0.15, 0.2) is 16.3 Å². The number of hydrogen-bond donors (Lipinski definition) is 4. The molecule has 262 valence electrons. The summed E-state index contributed by atoms with van der Waals surface area (Å²) in [6, 6.07) is -3.33. The molecule has 0 saturated carbocycles. The summed E-state index contributed by atoms with van der Waals surface area (Å²) in [6.07, 6.45) is 1.93. The first kappa shape index (κ1) is 40.5. The van der Waals surface area contributed by atoms with Gasteiger partial charge in [0.05, 0.1) is 18.8 Å². The largest absolute Gasteiger partial charge is 0.511 e. The number of ketones is 1. The molecule has 0 aromatic carbocycles. The summed E-state index contributed by atoms with van der Waals surface area (Å²) in [4.78, 5) is 71.3. The lowest BCUT2D eigenvalue weighted by Crippen LogP contribution is -2.51. The molecule has 1 unspecified atom stereocenters. The van der Waals surface area contributed by atoms with Crippen LogP contribution in [0.5, 0.6) is 0 Å². The van der Waals surface area contributed by atoms with Crippen molar-refractivity contribution in [2.75, 3.05) is 19.8 Å². The summed E-state index contributed by atoms with van der Waals surface area (Å²) in [6.45, 7) is 16.0. The van der Waals surface area contributed by atoms with Crippen LogP contribution in [-0.4, -0.2) is 77.6 Å². The quantitative estimate of drug-likeness (QED) is 0.0365. The fourth-order valence-corrected chi connectivity index (χ4v) is 4.79. The first-order valence-electron chi connectivity index (χ1n) is 16.2. The van der Waals surface area contributed by atoms with Gasteiger partial charge in [-0.3, -0.25) is 19.5 Å². The molecular weight excluding hydrogens is 598 g/mol. The van der Waals surface area contributed by atoms with Crippen molar-refractivity contribution in [1.29, 1.82) is 0 Å². The Morgan fingerprint density at radius 3 is 1.98 bits per heavy atom. The van der Waals surface area contributed by atoms with Crippen molar-refractivity contribution in [3.63, 3.8) is 0 Å². The van der Waals surface area contributed by atoms with Gasteiger partial charge in [-0.15, -0.1) is 0 Å². The number of aliphatic hydroxyl groups excluding tert-OH is 1. The molecule has 13 nitrogen and oxygen atoms in total. The van der Waals surface area contributed by atoms with E-state index < -0.39 is 36.0 Å². The van der Waals surface area contributed by atoms with E-state index in [1.54, 1.807) is 0 Å². The number of rotatable bonds is 19. The summed E-state index contributed by atoms with van der Waals surface area (Å²) in [5, 5.41) is 24.5. The van der Waals surface area contributed by atoms with Crippen LogP contribution in [0, 0.1) is 23.2 Å². The van der Waals surface area contributed by atoms with Gasteiger partial charge in [0, 0.05) is 31.5 Å². The van der Waals surface area contributed by atoms with Crippen LogP contribution < -0.4 is 10.6 Å². The zero-order valence-corrected chi connectivity index (χ0v) is 28.8. The average molecular weight is 654 g/mol. The predicted octanol–water partition coefficient (Wildman–Crippen LogP) is 5.08. The lowest BCUT2D eigenvalue weighted by molar-refractivity contribution is -0.236. The zero-order valence-electron chi connectivity index (χ0n) is 28.8. The van der Waals surface area contributed by atoms with E-state index >= 15 is 0 Å². The number of urea groups is 1. The highest BCUT2D eigenvalue weighted by atomic mass is 17.1. The predicted molar refractivity (Wildman–Crippen MR) is 172 cm³/mol. The van der Waals surface area contributed by atoms with Crippen LogP contribution in [-0.2, 0) is 33.5 Å². The minimum absolute atomic E-state index is 0.0432. The first-order chi connectivity index (χ1) is 21.4. The highest BCUT2D eigenvalue weighted by molar-refractivity contribution is 6.23. The van der Waals surface area contributed by atoms with Crippen LogP contribution in [0.2, 0.25) is 0 Å². The van der Waals surface area contributed by atoms with Gasteiger partial charge in [0.15, 0.2) is 5.78 Å². The molecule has 46 heavy (non-hydrogen) atoms. The van der Waals surface area contributed by atoms with Crippen LogP contribution in [0.25, 0.3) is 0 Å². The lowest BCUT2D eigenvalue weighted by atomic mass is 9.75. The molecule has 0 aromatic rings. The van der Waals surface area contributed by atoms with Gasteiger partial charge in [-0.25, -0.2) is 14.4 Å². The molecule has 1 aliphatic carbocycles. The molecule has 13 heteroatoms. The van der Waals surface area contributed by atoms with Gasteiger partial charge < -0.3 is 25.2 Å². The summed E-state index contributed by atoms with van der Waals surface area (Å²) < 4.78 is 10.4. The Bertz CT molecular complexity index is 1110. The second-order valence-electron chi connectivity index (χ2n) is 14.0. The Kier molecular flexibility index (Phi) is 17.5. The molecule has 1 aliphatic rings. The molecule has 0 bridgehead atoms. The maximum Gasteiger partial charge on any atom is 0.364 e. The molecule has 2 atom stereocenters. The molecule has 0 radical (unpaired) electrons. The fraction of sp³-hybridized carbons (Fsp3) is 0.758. The van der Waals surface area contributed by atoms with E-state index in [-0.39, 0.29) is 67.2 Å². The fourth-order valence-electron chi connectivity index (χ4n) is 4.79. The topological polar surface area (TPSA) is 190 Å². The van der Waals surface area contributed by atoms with Crippen molar-refractivity contribution < 1.29 is 48.7 Å². The summed E-state index contributed by atoms with van der Waals surface area (Å²) in [5.41, 5.74) is 0.528. The highest BCUT2D eigenvalue weighted by Crippen LogP contribution is 2.36. The summed E-state index contributed by atoms with van der Waals surface area (Å²) >= 11 is 0. The lowest BCUT2D eigenvalue weighted by Gasteiger charge is -2.30. The SMILES string of the molecule is CC(C)COC(=O)CC[C@H](NC(=O)NC(CCCCN=C(CC(C)C)C1=C(O)CC(C)(C)CC1=O)C(=O)OO)C(=O)OCC(C)C. The molecule has 1 rings (SSSR count). The number of esters is 2. The van der Waals surface area contributed by atoms with E-state index in [1.165, 1.54) is 0 Å². The van der Waals surface area contributed by atoms with E-state index in [1.807, 2.05) is 55.4 Å². The van der Waals surface area contributed by atoms with Crippen molar-refractivity contribution in [2.45, 2.75) is 119 Å². The zero-order chi connectivity index (χ0) is 35.0. The van der Waals surface area contributed by atoms with Crippen molar-refractivity contribution in [1.82, 2.24) is 10.6 Å². The molecule has 0 aliphatic heterocycles. The molecule has 0 saturated heterocycles.